The van der Waals surface area contributed by atoms with Gasteiger partial charge in [-0.1, -0.05) is 30.3 Å². The monoisotopic (exact) mass is 472 g/mol. The summed E-state index contributed by atoms with van der Waals surface area (Å²) >= 11 is 0. The summed E-state index contributed by atoms with van der Waals surface area (Å²) in [7, 11) is 3.27. The van der Waals surface area contributed by atoms with Crippen LogP contribution < -0.4 is 4.90 Å². The SMILES string of the molecule is CN(C)S(=O)(=O)c1ccc(C(O)=C2C(=O)C(=O)N(CCC[NH+](C)C)C2c2ccccc2)cc1. The molecule has 3 rings (SSSR count). The lowest BCUT2D eigenvalue weighted by molar-refractivity contribution is -0.858. The van der Waals surface area contributed by atoms with Gasteiger partial charge in [-0.3, -0.25) is 9.59 Å². The van der Waals surface area contributed by atoms with Gasteiger partial charge < -0.3 is 14.9 Å². The van der Waals surface area contributed by atoms with Crippen molar-refractivity contribution >= 4 is 27.5 Å². The molecule has 0 bridgehead atoms. The van der Waals surface area contributed by atoms with Gasteiger partial charge in [-0.2, -0.15) is 0 Å². The van der Waals surface area contributed by atoms with Gasteiger partial charge in [-0.25, -0.2) is 12.7 Å². The molecule has 1 aliphatic rings. The molecule has 0 aromatic heterocycles. The lowest BCUT2D eigenvalue weighted by Gasteiger charge is -2.25. The Labute approximate surface area is 194 Å². The highest BCUT2D eigenvalue weighted by Crippen LogP contribution is 2.39. The number of Topliss-reactive ketones (excluding diaryl/α,β-unsaturated/α-hetero) is 1. The molecule has 9 heteroatoms. The number of likely N-dealkylation sites (tertiary alicyclic amines) is 1. The van der Waals surface area contributed by atoms with Crippen LogP contribution in [-0.2, 0) is 19.6 Å². The van der Waals surface area contributed by atoms with Crippen LogP contribution in [0.5, 0.6) is 0 Å². The lowest BCUT2D eigenvalue weighted by Crippen LogP contribution is -3.05. The molecule has 1 saturated heterocycles. The van der Waals surface area contributed by atoms with Gasteiger partial charge in [0.15, 0.2) is 0 Å². The number of nitrogens with zero attached hydrogens (tertiary/aromatic N) is 2. The molecule has 1 unspecified atom stereocenters. The van der Waals surface area contributed by atoms with Gasteiger partial charge in [0, 0.05) is 32.6 Å². The predicted octanol–water partition coefficient (Wildman–Crippen LogP) is 0.893. The van der Waals surface area contributed by atoms with Gasteiger partial charge >= 0.3 is 0 Å². The first-order chi connectivity index (χ1) is 15.6. The summed E-state index contributed by atoms with van der Waals surface area (Å²) in [6.07, 6.45) is 0.704. The van der Waals surface area contributed by atoms with E-state index in [1.807, 2.05) is 44.4 Å². The summed E-state index contributed by atoms with van der Waals surface area (Å²) < 4.78 is 25.8. The average molecular weight is 473 g/mol. The van der Waals surface area contributed by atoms with E-state index in [1.54, 1.807) is 0 Å². The van der Waals surface area contributed by atoms with E-state index in [-0.39, 0.29) is 21.8 Å². The Bertz CT molecular complexity index is 1160. The number of benzene rings is 2. The minimum atomic E-state index is -3.63. The summed E-state index contributed by atoms with van der Waals surface area (Å²) in [6, 6.07) is 14.0. The quantitative estimate of drug-likeness (QED) is 0.338. The fourth-order valence-corrected chi connectivity index (χ4v) is 4.75. The highest BCUT2D eigenvalue weighted by molar-refractivity contribution is 7.89. The third-order valence-corrected chi connectivity index (χ3v) is 7.47. The lowest BCUT2D eigenvalue weighted by atomic mass is 9.95. The van der Waals surface area contributed by atoms with Gasteiger partial charge in [-0.15, -0.1) is 0 Å². The number of rotatable bonds is 8. The molecule has 8 nitrogen and oxygen atoms in total. The van der Waals surface area contributed by atoms with E-state index in [1.165, 1.54) is 48.2 Å². The van der Waals surface area contributed by atoms with Crippen molar-refractivity contribution < 1.29 is 28.0 Å². The minimum Gasteiger partial charge on any atom is -0.507 e. The standard InChI is InChI=1S/C24H29N3O5S/c1-25(2)15-8-16-27-21(17-9-6-5-7-10-17)20(23(29)24(27)30)22(28)18-11-13-19(14-12-18)33(31,32)26(3)4/h5-7,9-14,21,28H,8,15-16H2,1-4H3/p+1. The van der Waals surface area contributed by atoms with Crippen molar-refractivity contribution in [3.05, 3.63) is 71.3 Å². The molecule has 0 spiro atoms. The van der Waals surface area contributed by atoms with Gasteiger partial charge in [0.25, 0.3) is 11.7 Å². The molecule has 33 heavy (non-hydrogen) atoms. The summed E-state index contributed by atoms with van der Waals surface area (Å²) in [5.41, 5.74) is 0.998. The molecule has 2 aromatic rings. The fourth-order valence-electron chi connectivity index (χ4n) is 3.85. The third kappa shape index (κ3) is 5.00. The van der Waals surface area contributed by atoms with E-state index in [4.69, 9.17) is 0 Å². The zero-order valence-corrected chi connectivity index (χ0v) is 20.1. The smallest absolute Gasteiger partial charge is 0.295 e. The molecule has 0 radical (unpaired) electrons. The van der Waals surface area contributed by atoms with Gasteiger partial charge in [-0.05, 0) is 29.8 Å². The number of hydrogen-bond donors (Lipinski definition) is 2. The Morgan fingerprint density at radius 1 is 1.03 bits per heavy atom. The van der Waals surface area contributed by atoms with Crippen molar-refractivity contribution in [2.45, 2.75) is 17.4 Å². The van der Waals surface area contributed by atoms with E-state index in [2.05, 4.69) is 0 Å². The molecule has 1 aliphatic heterocycles. The summed E-state index contributed by atoms with van der Waals surface area (Å²) in [6.45, 7) is 1.21. The van der Waals surface area contributed by atoms with Crippen LogP contribution >= 0.6 is 0 Å². The van der Waals surface area contributed by atoms with Crippen molar-refractivity contribution in [3.63, 3.8) is 0 Å². The maximum atomic E-state index is 13.0. The second kappa shape index (κ2) is 9.86. The summed E-state index contributed by atoms with van der Waals surface area (Å²) in [5.74, 6) is -1.72. The largest absolute Gasteiger partial charge is 0.507 e. The number of ketones is 1. The molecule has 176 valence electrons. The van der Waals surface area contributed by atoms with Gasteiger partial charge in [0.05, 0.1) is 37.2 Å². The first kappa shape index (κ1) is 24.6. The number of carbonyl (C=O) groups excluding carboxylic acids is 2. The van der Waals surface area contributed by atoms with Gasteiger partial charge in [0.1, 0.15) is 5.76 Å². The number of hydrogen-bond acceptors (Lipinski definition) is 5. The predicted molar refractivity (Wildman–Crippen MR) is 125 cm³/mol. The zero-order valence-electron chi connectivity index (χ0n) is 19.3. The van der Waals surface area contributed by atoms with E-state index in [0.717, 1.165) is 16.4 Å². The van der Waals surface area contributed by atoms with E-state index in [0.29, 0.717) is 13.0 Å². The Kier molecular flexibility index (Phi) is 7.36. The van der Waals surface area contributed by atoms with E-state index < -0.39 is 27.8 Å². The Balaban J connectivity index is 2.06. The Morgan fingerprint density at radius 2 is 1.64 bits per heavy atom. The first-order valence-electron chi connectivity index (χ1n) is 10.7. The number of aliphatic hydroxyl groups excluding tert-OH is 1. The van der Waals surface area contributed by atoms with Crippen LogP contribution in [0.3, 0.4) is 0 Å². The second-order valence-electron chi connectivity index (χ2n) is 8.53. The van der Waals surface area contributed by atoms with Crippen molar-refractivity contribution in [2.75, 3.05) is 41.3 Å². The van der Waals surface area contributed by atoms with Crippen LogP contribution in [0.1, 0.15) is 23.6 Å². The Morgan fingerprint density at radius 3 is 2.18 bits per heavy atom. The highest BCUT2D eigenvalue weighted by Gasteiger charge is 2.45. The van der Waals surface area contributed by atoms with Crippen LogP contribution in [0.4, 0.5) is 0 Å². The van der Waals surface area contributed by atoms with Crippen molar-refractivity contribution in [3.8, 4) is 0 Å². The summed E-state index contributed by atoms with van der Waals surface area (Å²) in [5, 5.41) is 11.1. The number of sulfonamides is 1. The molecule has 0 aliphatic carbocycles. The second-order valence-corrected chi connectivity index (χ2v) is 10.7. The molecule has 2 aromatic carbocycles. The Hall–Kier alpha value is -3.01. The zero-order chi connectivity index (χ0) is 24.3. The van der Waals surface area contributed by atoms with E-state index in [9.17, 15) is 23.1 Å². The number of carbonyl (C=O) groups is 2. The van der Waals surface area contributed by atoms with E-state index >= 15 is 0 Å². The van der Waals surface area contributed by atoms with Crippen molar-refractivity contribution in [2.24, 2.45) is 0 Å². The molecule has 1 fully saturated rings. The average Bonchev–Trinajstić information content (AvgIpc) is 3.04. The molecule has 1 amide bonds. The summed E-state index contributed by atoms with van der Waals surface area (Å²) in [4.78, 5) is 28.7. The van der Waals surface area contributed by atoms with Crippen molar-refractivity contribution in [1.29, 1.82) is 0 Å². The van der Waals surface area contributed by atoms with Crippen LogP contribution in [0, 0.1) is 0 Å². The van der Waals surface area contributed by atoms with Crippen LogP contribution in [0.25, 0.3) is 5.76 Å². The van der Waals surface area contributed by atoms with Crippen LogP contribution in [0.2, 0.25) is 0 Å². The fraction of sp³-hybridized carbons (Fsp3) is 0.333. The van der Waals surface area contributed by atoms with Gasteiger partial charge in [0.2, 0.25) is 10.0 Å². The maximum absolute atomic E-state index is 13.0. The minimum absolute atomic E-state index is 0.00613. The molecule has 0 saturated carbocycles. The third-order valence-electron chi connectivity index (χ3n) is 5.64. The number of nitrogens with one attached hydrogen (secondary N) is 1. The topological polar surface area (TPSA) is 99.4 Å². The molecule has 2 N–H and O–H groups in total. The highest BCUT2D eigenvalue weighted by atomic mass is 32.2. The molecular formula is C24H30N3O5S+. The normalized spacial score (nSPS) is 18.5. The maximum Gasteiger partial charge on any atom is 0.295 e. The molecule has 1 atom stereocenters. The molecule has 1 heterocycles. The number of quaternary nitrogens is 1. The van der Waals surface area contributed by atoms with Crippen molar-refractivity contribution in [1.82, 2.24) is 9.21 Å². The van der Waals surface area contributed by atoms with Crippen LogP contribution in [0.15, 0.2) is 65.1 Å². The number of amides is 1. The van der Waals surface area contributed by atoms with Crippen LogP contribution in [-0.4, -0.2) is 75.7 Å². The molecular weight excluding hydrogens is 442 g/mol. The first-order valence-corrected chi connectivity index (χ1v) is 12.1. The number of aliphatic hydroxyl groups is 1.